The summed E-state index contributed by atoms with van der Waals surface area (Å²) in [7, 11) is 0.610. The molecule has 0 aliphatic heterocycles. The van der Waals surface area contributed by atoms with Gasteiger partial charge in [0.15, 0.2) is 5.65 Å². The van der Waals surface area contributed by atoms with Crippen LogP contribution in [-0.2, 0) is 7.05 Å². The summed E-state index contributed by atoms with van der Waals surface area (Å²) in [6, 6.07) is 9.32. The van der Waals surface area contributed by atoms with Crippen LogP contribution in [0, 0.1) is 0 Å². The number of hydrogen-bond acceptors (Lipinski definition) is 6. The predicted octanol–water partition coefficient (Wildman–Crippen LogP) is 5.62. The van der Waals surface area contributed by atoms with Gasteiger partial charge in [0.25, 0.3) is 5.91 Å². The number of halogens is 2. The van der Waals surface area contributed by atoms with Crippen molar-refractivity contribution in [2.45, 2.75) is 50.3 Å². The van der Waals surface area contributed by atoms with Gasteiger partial charge in [-0.15, -0.1) is 0 Å². The molecule has 8 nitrogen and oxygen atoms in total. The first kappa shape index (κ1) is 25.8. The van der Waals surface area contributed by atoms with Gasteiger partial charge in [-0.05, 0) is 24.3 Å². The lowest BCUT2D eigenvalue weighted by molar-refractivity contribution is -0.0494. The van der Waals surface area contributed by atoms with Gasteiger partial charge in [0, 0.05) is 36.1 Å². The van der Waals surface area contributed by atoms with Gasteiger partial charge in [-0.25, -0.2) is 9.50 Å². The minimum atomic E-state index is -2.99. The number of hydrogen-bond donors (Lipinski definition) is 1. The second-order valence-electron chi connectivity index (χ2n) is 8.32. The molecule has 0 aliphatic carbocycles. The Kier molecular flexibility index (Phi) is 8.36. The summed E-state index contributed by atoms with van der Waals surface area (Å²) in [6.07, 6.45) is 8.58. The van der Waals surface area contributed by atoms with Crippen LogP contribution < -0.4 is 10.1 Å². The monoisotopic (exact) mass is 530 g/mol. The van der Waals surface area contributed by atoms with Crippen molar-refractivity contribution in [2.75, 3.05) is 5.32 Å². The van der Waals surface area contributed by atoms with Gasteiger partial charge in [-0.3, -0.25) is 9.48 Å². The Hall–Kier alpha value is -3.25. The highest BCUT2D eigenvalue weighted by Gasteiger charge is 2.22. The van der Waals surface area contributed by atoms with E-state index in [0.717, 1.165) is 17.7 Å². The van der Waals surface area contributed by atoms with Gasteiger partial charge in [0.05, 0.1) is 11.9 Å². The summed E-state index contributed by atoms with van der Waals surface area (Å²) in [4.78, 5) is 18.3. The van der Waals surface area contributed by atoms with E-state index >= 15 is 0 Å². The van der Waals surface area contributed by atoms with Crippen LogP contribution in [0.2, 0.25) is 12.1 Å². The molecule has 1 aromatic carbocycles. The predicted molar refractivity (Wildman–Crippen MR) is 139 cm³/mol. The van der Waals surface area contributed by atoms with Crippen molar-refractivity contribution in [3.05, 3.63) is 54.6 Å². The van der Waals surface area contributed by atoms with Crippen LogP contribution in [-0.4, -0.2) is 44.8 Å². The second-order valence-corrected chi connectivity index (χ2v) is 14.1. The molecular formula is C24H28F2N6O2SSi. The zero-order chi connectivity index (χ0) is 25.7. The Morgan fingerprint density at radius 3 is 2.75 bits per heavy atom. The molecule has 0 atom stereocenters. The third-order valence-electron chi connectivity index (χ3n) is 5.55. The highest BCUT2D eigenvalue weighted by atomic mass is 32.4. The molecule has 0 spiro atoms. The first-order valence-electron chi connectivity index (χ1n) is 11.8. The number of carbonyl (C=O) groups is 1. The van der Waals surface area contributed by atoms with Crippen LogP contribution in [0.4, 0.5) is 14.5 Å². The SMILES string of the molecule is CCC[SiH](CCC)Sc1ccc(OC(F)F)c(-c2nn(C)cc2NC(=O)c2cnn3cccnc23)c1. The van der Waals surface area contributed by atoms with E-state index < -0.39 is 20.5 Å². The molecule has 0 fully saturated rings. The zero-order valence-electron chi connectivity index (χ0n) is 20.3. The number of fused-ring (bicyclic) bond motifs is 1. The van der Waals surface area contributed by atoms with Gasteiger partial charge < -0.3 is 10.1 Å². The molecule has 190 valence electrons. The number of anilines is 1. The molecule has 4 aromatic rings. The number of ether oxygens (including phenoxy) is 1. The minimum absolute atomic E-state index is 0.00500. The molecule has 1 amide bonds. The van der Waals surface area contributed by atoms with E-state index in [1.165, 1.54) is 27.5 Å². The van der Waals surface area contributed by atoms with Crippen LogP contribution in [0.5, 0.6) is 5.75 Å². The molecule has 36 heavy (non-hydrogen) atoms. The topological polar surface area (TPSA) is 86.3 Å². The van der Waals surface area contributed by atoms with E-state index in [2.05, 4.69) is 34.3 Å². The van der Waals surface area contributed by atoms with Crippen LogP contribution >= 0.6 is 11.2 Å². The Morgan fingerprint density at radius 2 is 2.03 bits per heavy atom. The van der Waals surface area contributed by atoms with Crippen molar-refractivity contribution in [3.63, 3.8) is 0 Å². The summed E-state index contributed by atoms with van der Waals surface area (Å²) < 4.78 is 34.4. The maximum atomic E-state index is 13.2. The number of benzene rings is 1. The molecular weight excluding hydrogens is 502 g/mol. The summed E-state index contributed by atoms with van der Waals surface area (Å²) in [5.41, 5.74) is 1.80. The number of alkyl halides is 2. The normalized spacial score (nSPS) is 11.5. The third-order valence-corrected chi connectivity index (χ3v) is 12.1. The molecule has 1 N–H and O–H groups in total. The average molecular weight is 531 g/mol. The van der Waals surface area contributed by atoms with E-state index in [1.54, 1.807) is 37.8 Å². The van der Waals surface area contributed by atoms with E-state index in [1.807, 2.05) is 23.3 Å². The van der Waals surface area contributed by atoms with E-state index in [9.17, 15) is 13.6 Å². The zero-order valence-corrected chi connectivity index (χ0v) is 22.3. The lowest BCUT2D eigenvalue weighted by Gasteiger charge is -2.16. The maximum Gasteiger partial charge on any atom is 0.387 e. The van der Waals surface area contributed by atoms with Crippen LogP contribution in [0.3, 0.4) is 0 Å². The van der Waals surface area contributed by atoms with Crippen LogP contribution in [0.25, 0.3) is 16.9 Å². The molecule has 4 rings (SSSR count). The Labute approximate surface area is 213 Å². The number of rotatable bonds is 11. The van der Waals surface area contributed by atoms with E-state index in [4.69, 9.17) is 4.74 Å². The molecule has 0 aliphatic rings. The number of carbonyl (C=O) groups excluding carboxylic acids is 1. The van der Waals surface area contributed by atoms with Crippen molar-refractivity contribution >= 4 is 36.4 Å². The fourth-order valence-corrected chi connectivity index (χ4v) is 10.3. The molecule has 0 radical (unpaired) electrons. The van der Waals surface area contributed by atoms with Gasteiger partial charge in [-0.2, -0.15) is 30.2 Å². The molecule has 0 unspecified atom stereocenters. The highest BCUT2D eigenvalue weighted by Crippen LogP contribution is 2.39. The number of aromatic nitrogens is 5. The molecule has 0 saturated carbocycles. The average Bonchev–Trinajstić information content (AvgIpc) is 3.43. The summed E-state index contributed by atoms with van der Waals surface area (Å²) in [5.74, 6) is -0.427. The standard InChI is InChI=1S/C24H28F2N6O2SSi/c1-4-11-36(12-5-2)35-16-7-8-20(34-24(25)26)17(13-16)21-19(15-31(3)30-21)29-23(33)18-14-28-32-10-6-9-27-22(18)32/h6-10,13-15,24,36H,4-5,11-12H2,1-3H3,(H,29,33). The van der Waals surface area contributed by atoms with Crippen molar-refractivity contribution in [3.8, 4) is 17.0 Å². The van der Waals surface area contributed by atoms with Crippen molar-refractivity contribution in [1.29, 1.82) is 0 Å². The Morgan fingerprint density at radius 1 is 1.25 bits per heavy atom. The van der Waals surface area contributed by atoms with Gasteiger partial charge in [0.1, 0.15) is 25.0 Å². The third kappa shape index (κ3) is 5.93. The van der Waals surface area contributed by atoms with Crippen molar-refractivity contribution < 1.29 is 18.3 Å². The van der Waals surface area contributed by atoms with Crippen LogP contribution in [0.1, 0.15) is 37.0 Å². The minimum Gasteiger partial charge on any atom is -0.434 e. The van der Waals surface area contributed by atoms with Gasteiger partial charge in [0.2, 0.25) is 0 Å². The largest absolute Gasteiger partial charge is 0.434 e. The number of aryl methyl sites for hydroxylation is 1. The van der Waals surface area contributed by atoms with E-state index in [-0.39, 0.29) is 11.3 Å². The number of amides is 1. The summed E-state index contributed by atoms with van der Waals surface area (Å²) >= 11 is 1.85. The number of nitrogens with one attached hydrogen (secondary N) is 1. The first-order valence-corrected chi connectivity index (χ1v) is 15.7. The Balaban J connectivity index is 1.70. The Bertz CT molecular complexity index is 1340. The van der Waals surface area contributed by atoms with Crippen LogP contribution in [0.15, 0.2) is 53.9 Å². The first-order chi connectivity index (χ1) is 17.4. The lowest BCUT2D eigenvalue weighted by Crippen LogP contribution is -2.12. The molecule has 0 saturated heterocycles. The van der Waals surface area contributed by atoms with Crippen molar-refractivity contribution in [2.24, 2.45) is 7.05 Å². The molecule has 0 bridgehead atoms. The molecule has 3 heterocycles. The maximum absolute atomic E-state index is 13.2. The smallest absolute Gasteiger partial charge is 0.387 e. The fraction of sp³-hybridized carbons (Fsp3) is 0.333. The van der Waals surface area contributed by atoms with Gasteiger partial charge in [-0.1, -0.05) is 38.8 Å². The highest BCUT2D eigenvalue weighted by molar-refractivity contribution is 8.25. The second kappa shape index (κ2) is 11.7. The molecule has 12 heteroatoms. The summed E-state index contributed by atoms with van der Waals surface area (Å²) in [6.45, 7) is 1.38. The lowest BCUT2D eigenvalue weighted by atomic mass is 10.1. The number of nitrogens with zero attached hydrogens (tertiary/aromatic N) is 5. The summed E-state index contributed by atoms with van der Waals surface area (Å²) in [5, 5.41) is 11.5. The van der Waals surface area contributed by atoms with E-state index in [0.29, 0.717) is 22.6 Å². The van der Waals surface area contributed by atoms with Gasteiger partial charge >= 0.3 is 6.61 Å². The van der Waals surface area contributed by atoms with Crippen molar-refractivity contribution in [1.82, 2.24) is 24.4 Å². The molecule has 3 aromatic heterocycles. The quantitative estimate of drug-likeness (QED) is 0.253. The fourth-order valence-electron chi connectivity index (χ4n) is 4.02.